The number of benzene rings is 2. The van der Waals surface area contributed by atoms with Gasteiger partial charge in [-0.05, 0) is 48.9 Å². The Hall–Kier alpha value is -3.19. The molecule has 29 heavy (non-hydrogen) atoms. The molecule has 1 fully saturated rings. The fourth-order valence-electron chi connectivity index (χ4n) is 3.73. The van der Waals surface area contributed by atoms with Crippen LogP contribution in [0.4, 0.5) is 11.4 Å². The molecule has 2 heterocycles. The number of hydrazone groups is 1. The second kappa shape index (κ2) is 7.00. The highest BCUT2D eigenvalue weighted by molar-refractivity contribution is 6.49. The molecule has 4 rings (SSSR count). The molecule has 7 nitrogen and oxygen atoms in total. The van der Waals surface area contributed by atoms with Crippen LogP contribution in [-0.4, -0.2) is 36.5 Å². The highest BCUT2D eigenvalue weighted by Gasteiger charge is 2.58. The van der Waals surface area contributed by atoms with Gasteiger partial charge in [0.2, 0.25) is 5.91 Å². The Balaban J connectivity index is 1.80. The summed E-state index contributed by atoms with van der Waals surface area (Å²) in [6.45, 7) is 3.09. The van der Waals surface area contributed by atoms with Crippen molar-refractivity contribution in [1.29, 1.82) is 0 Å². The van der Waals surface area contributed by atoms with Crippen molar-refractivity contribution in [2.75, 3.05) is 17.0 Å². The van der Waals surface area contributed by atoms with Crippen LogP contribution < -0.4 is 14.6 Å². The van der Waals surface area contributed by atoms with Gasteiger partial charge in [-0.25, -0.2) is 4.90 Å². The van der Waals surface area contributed by atoms with Crippen LogP contribution in [0, 0.1) is 12.8 Å². The lowest BCUT2D eigenvalue weighted by atomic mass is 9.95. The number of anilines is 2. The zero-order chi connectivity index (χ0) is 20.9. The number of fused-ring (bicyclic) bond motifs is 1. The second-order valence-corrected chi connectivity index (χ2v) is 7.31. The number of hydrogen-bond donors (Lipinski definition) is 0. The first-order valence-electron chi connectivity index (χ1n) is 9.00. The molecule has 0 spiro atoms. The first-order chi connectivity index (χ1) is 13.8. The Labute approximate surface area is 172 Å². The van der Waals surface area contributed by atoms with Crippen molar-refractivity contribution in [2.45, 2.75) is 19.9 Å². The van der Waals surface area contributed by atoms with Gasteiger partial charge in [0.25, 0.3) is 5.91 Å². The molecule has 0 N–H and O–H groups in total. The molecular weight excluding hydrogens is 394 g/mol. The number of rotatable bonds is 4. The van der Waals surface area contributed by atoms with Crippen LogP contribution in [0.3, 0.4) is 0 Å². The molecule has 0 aromatic heterocycles. The molecule has 8 heteroatoms. The van der Waals surface area contributed by atoms with Gasteiger partial charge in [-0.3, -0.25) is 19.4 Å². The predicted molar refractivity (Wildman–Crippen MR) is 110 cm³/mol. The maximum atomic E-state index is 13.3. The van der Waals surface area contributed by atoms with Crippen molar-refractivity contribution in [3.8, 4) is 5.75 Å². The van der Waals surface area contributed by atoms with Crippen molar-refractivity contribution < 1.29 is 19.1 Å². The third-order valence-electron chi connectivity index (χ3n) is 5.23. The van der Waals surface area contributed by atoms with Crippen LogP contribution in [0.1, 0.15) is 12.5 Å². The van der Waals surface area contributed by atoms with Crippen LogP contribution in [-0.2, 0) is 14.4 Å². The number of hydrogen-bond acceptors (Lipinski definition) is 6. The smallest absolute Gasteiger partial charge is 0.259 e. The number of nitrogens with zero attached hydrogens (tertiary/aromatic N) is 3. The lowest BCUT2D eigenvalue weighted by Gasteiger charge is -2.23. The van der Waals surface area contributed by atoms with E-state index in [0.717, 1.165) is 4.90 Å². The summed E-state index contributed by atoms with van der Waals surface area (Å²) >= 11 is 6.19. The third-order valence-corrected chi connectivity index (χ3v) is 5.64. The van der Waals surface area contributed by atoms with Crippen molar-refractivity contribution in [3.63, 3.8) is 0 Å². The van der Waals surface area contributed by atoms with Gasteiger partial charge in [-0.1, -0.05) is 17.7 Å². The quantitative estimate of drug-likeness (QED) is 0.722. The van der Waals surface area contributed by atoms with Gasteiger partial charge in [-0.15, -0.1) is 0 Å². The zero-order valence-corrected chi connectivity index (χ0v) is 16.8. The Bertz CT molecular complexity index is 1060. The first-order valence-corrected chi connectivity index (χ1v) is 9.38. The molecule has 2 aliphatic rings. The number of ether oxygens (including phenoxy) is 1. The molecule has 148 valence electrons. The van der Waals surface area contributed by atoms with Crippen molar-refractivity contribution >= 4 is 46.3 Å². The topological polar surface area (TPSA) is 79.3 Å². The Kier molecular flexibility index (Phi) is 4.62. The Morgan fingerprint density at radius 2 is 1.79 bits per heavy atom. The summed E-state index contributed by atoms with van der Waals surface area (Å²) in [6.07, 6.45) is 0. The summed E-state index contributed by atoms with van der Waals surface area (Å²) in [5.74, 6) is -1.58. The van der Waals surface area contributed by atoms with Crippen molar-refractivity contribution in [2.24, 2.45) is 11.0 Å². The van der Waals surface area contributed by atoms with E-state index in [-0.39, 0.29) is 11.5 Å². The molecule has 0 bridgehead atoms. The number of imide groups is 1. The van der Waals surface area contributed by atoms with Crippen molar-refractivity contribution in [3.05, 3.63) is 53.1 Å². The number of amides is 2. The number of Topliss-reactive ketones (excluding diaryl/α,β-unsaturated/α-hetero) is 1. The molecule has 0 aliphatic carbocycles. The number of carbonyl (C=O) groups excluding carboxylic acids is 3. The average molecular weight is 412 g/mol. The second-order valence-electron chi connectivity index (χ2n) is 6.90. The van der Waals surface area contributed by atoms with Crippen LogP contribution in [0.25, 0.3) is 0 Å². The van der Waals surface area contributed by atoms with E-state index in [2.05, 4.69) is 5.10 Å². The fraction of sp³-hybridized carbons (Fsp3) is 0.238. The van der Waals surface area contributed by atoms with Gasteiger partial charge < -0.3 is 4.74 Å². The maximum absolute atomic E-state index is 13.3. The zero-order valence-electron chi connectivity index (χ0n) is 16.0. The molecule has 2 amide bonds. The van der Waals surface area contributed by atoms with E-state index in [1.165, 1.54) is 11.9 Å². The van der Waals surface area contributed by atoms with Crippen molar-refractivity contribution in [1.82, 2.24) is 0 Å². The van der Waals surface area contributed by atoms with Crippen LogP contribution in [0.15, 0.2) is 47.6 Å². The molecule has 0 saturated carbocycles. The number of ketones is 1. The molecule has 0 unspecified atom stereocenters. The van der Waals surface area contributed by atoms with Gasteiger partial charge in [0, 0.05) is 11.9 Å². The number of methoxy groups -OCH3 is 1. The summed E-state index contributed by atoms with van der Waals surface area (Å²) < 4.78 is 5.17. The third kappa shape index (κ3) is 2.89. The lowest BCUT2D eigenvalue weighted by molar-refractivity contribution is -0.122. The fourth-order valence-corrected chi connectivity index (χ4v) is 3.90. The molecule has 2 aromatic carbocycles. The minimum atomic E-state index is -0.958. The van der Waals surface area contributed by atoms with Crippen LogP contribution in [0.2, 0.25) is 5.02 Å². The largest absolute Gasteiger partial charge is 0.497 e. The molecule has 2 aromatic rings. The van der Waals surface area contributed by atoms with Gasteiger partial charge in [-0.2, -0.15) is 5.10 Å². The van der Waals surface area contributed by atoms with Gasteiger partial charge in [0.15, 0.2) is 5.78 Å². The molecule has 2 aliphatic heterocycles. The van der Waals surface area contributed by atoms with E-state index in [4.69, 9.17) is 16.3 Å². The summed E-state index contributed by atoms with van der Waals surface area (Å²) in [6, 6.07) is 11.0. The van der Waals surface area contributed by atoms with E-state index in [1.807, 2.05) is 0 Å². The first kappa shape index (κ1) is 19.1. The minimum absolute atomic E-state index is 0.0753. The van der Waals surface area contributed by atoms with E-state index in [0.29, 0.717) is 27.7 Å². The number of halogens is 1. The maximum Gasteiger partial charge on any atom is 0.259 e. The standard InChI is InChI=1S/C21H18ClN3O4/c1-11-15(22)5-4-6-16(11)24-20(27)17-18(12(2)26)23-25(19(17)21(24)28)13-7-9-14(29-3)10-8-13/h4-10,17,19H,1-3H3/t17-,19-/m1/s1. The SMILES string of the molecule is COc1ccc(N2N=C(C(C)=O)[C@H]3C(=O)N(c4cccc(Cl)c4C)C(=O)[C@@H]32)cc1. The van der Waals surface area contributed by atoms with E-state index in [1.54, 1.807) is 56.5 Å². The summed E-state index contributed by atoms with van der Waals surface area (Å²) in [7, 11) is 1.55. The van der Waals surface area contributed by atoms with Gasteiger partial charge in [0.05, 0.1) is 18.5 Å². The monoisotopic (exact) mass is 411 g/mol. The molecule has 2 atom stereocenters. The Morgan fingerprint density at radius 1 is 1.10 bits per heavy atom. The molecule has 0 radical (unpaired) electrons. The van der Waals surface area contributed by atoms with Gasteiger partial charge >= 0.3 is 0 Å². The lowest BCUT2D eigenvalue weighted by Crippen LogP contribution is -2.39. The average Bonchev–Trinajstić information content (AvgIpc) is 3.22. The van der Waals surface area contributed by atoms with E-state index in [9.17, 15) is 14.4 Å². The minimum Gasteiger partial charge on any atom is -0.497 e. The molecular formula is C21H18ClN3O4. The summed E-state index contributed by atoms with van der Waals surface area (Å²) in [4.78, 5) is 39.9. The summed E-state index contributed by atoms with van der Waals surface area (Å²) in [5.41, 5.74) is 1.70. The highest BCUT2D eigenvalue weighted by atomic mass is 35.5. The number of carbonyl (C=O) groups is 3. The normalized spacial score (nSPS) is 20.8. The van der Waals surface area contributed by atoms with Crippen LogP contribution in [0.5, 0.6) is 5.75 Å². The summed E-state index contributed by atoms with van der Waals surface area (Å²) in [5, 5.41) is 6.23. The van der Waals surface area contributed by atoms with Gasteiger partial charge in [0.1, 0.15) is 23.4 Å². The highest BCUT2D eigenvalue weighted by Crippen LogP contribution is 2.40. The van der Waals surface area contributed by atoms with E-state index < -0.39 is 23.8 Å². The predicted octanol–water partition coefficient (Wildman–Crippen LogP) is 2.98. The molecule has 1 saturated heterocycles. The van der Waals surface area contributed by atoms with Crippen LogP contribution >= 0.6 is 11.6 Å². The Morgan fingerprint density at radius 3 is 2.41 bits per heavy atom. The van der Waals surface area contributed by atoms with E-state index >= 15 is 0 Å².